The molecule has 1 heterocycles. The van der Waals surface area contributed by atoms with Gasteiger partial charge in [0.25, 0.3) is 0 Å². The number of hydrogen-bond acceptors (Lipinski definition) is 3. The first-order valence-corrected chi connectivity index (χ1v) is 6.97. The van der Waals surface area contributed by atoms with Crippen LogP contribution in [0.15, 0.2) is 18.2 Å². The highest BCUT2D eigenvalue weighted by molar-refractivity contribution is 5.56. The van der Waals surface area contributed by atoms with Crippen LogP contribution >= 0.6 is 0 Å². The molecule has 1 aliphatic rings. The molecule has 0 spiro atoms. The monoisotopic (exact) mass is 266 g/mol. The summed E-state index contributed by atoms with van der Waals surface area (Å²) < 4.78 is 19.2. The summed E-state index contributed by atoms with van der Waals surface area (Å²) in [5.41, 5.74) is 1.81. The van der Waals surface area contributed by atoms with Gasteiger partial charge in [-0.3, -0.25) is 0 Å². The molecule has 1 aromatic carbocycles. The molecule has 0 saturated carbocycles. The van der Waals surface area contributed by atoms with E-state index in [1.54, 1.807) is 19.2 Å². The molecule has 1 atom stereocenters. The fourth-order valence-electron chi connectivity index (χ4n) is 2.69. The Bertz CT molecular complexity index is 411. The molecule has 1 unspecified atom stereocenters. The first-order chi connectivity index (χ1) is 9.24. The van der Waals surface area contributed by atoms with E-state index in [1.165, 1.54) is 0 Å². The topological polar surface area (TPSA) is 24.5 Å². The molecule has 0 bridgehead atoms. The molecule has 1 aliphatic heterocycles. The van der Waals surface area contributed by atoms with Crippen molar-refractivity contribution in [2.24, 2.45) is 0 Å². The number of ether oxygens (including phenoxy) is 1. The molecule has 1 N–H and O–H groups in total. The van der Waals surface area contributed by atoms with Gasteiger partial charge in [-0.2, -0.15) is 0 Å². The molecule has 1 aromatic rings. The first kappa shape index (κ1) is 14.3. The Morgan fingerprint density at radius 3 is 3.00 bits per heavy atom. The average molecular weight is 266 g/mol. The highest BCUT2D eigenvalue weighted by Gasteiger charge is 2.24. The molecule has 19 heavy (non-hydrogen) atoms. The Morgan fingerprint density at radius 2 is 2.32 bits per heavy atom. The second kappa shape index (κ2) is 6.87. The van der Waals surface area contributed by atoms with Crippen LogP contribution in [0.5, 0.6) is 0 Å². The number of halogens is 1. The van der Waals surface area contributed by atoms with Gasteiger partial charge in [0.2, 0.25) is 0 Å². The molecule has 1 saturated heterocycles. The number of hydrogen-bond donors (Lipinski definition) is 1. The Hall–Kier alpha value is -1.13. The lowest BCUT2D eigenvalue weighted by Crippen LogP contribution is -2.29. The van der Waals surface area contributed by atoms with Crippen molar-refractivity contribution in [1.29, 1.82) is 0 Å². The Balaban J connectivity index is 2.11. The lowest BCUT2D eigenvalue weighted by Gasteiger charge is -2.27. The fraction of sp³-hybridized carbons (Fsp3) is 0.600. The molecule has 0 amide bonds. The van der Waals surface area contributed by atoms with Gasteiger partial charge in [-0.25, -0.2) is 4.39 Å². The summed E-state index contributed by atoms with van der Waals surface area (Å²) in [4.78, 5) is 2.20. The van der Waals surface area contributed by atoms with E-state index < -0.39 is 0 Å². The van der Waals surface area contributed by atoms with Crippen LogP contribution in [0.3, 0.4) is 0 Å². The van der Waals surface area contributed by atoms with E-state index in [4.69, 9.17) is 4.74 Å². The van der Waals surface area contributed by atoms with Gasteiger partial charge in [0, 0.05) is 32.8 Å². The van der Waals surface area contributed by atoms with Gasteiger partial charge in [-0.1, -0.05) is 12.1 Å². The van der Waals surface area contributed by atoms with Crippen LogP contribution in [0.1, 0.15) is 25.3 Å². The van der Waals surface area contributed by atoms with Crippen molar-refractivity contribution >= 4 is 5.69 Å². The summed E-state index contributed by atoms with van der Waals surface area (Å²) in [6.07, 6.45) is 2.29. The lowest BCUT2D eigenvalue weighted by atomic mass is 10.1. The molecule has 0 aliphatic carbocycles. The SMILES string of the molecule is COCCNCc1cccc(F)c1N1CCCC1C. The van der Waals surface area contributed by atoms with Crippen LogP contribution in [0.25, 0.3) is 0 Å². The van der Waals surface area contributed by atoms with Gasteiger partial charge in [-0.05, 0) is 31.4 Å². The highest BCUT2D eigenvalue weighted by Crippen LogP contribution is 2.31. The van der Waals surface area contributed by atoms with Crippen molar-refractivity contribution in [3.8, 4) is 0 Å². The molecule has 1 fully saturated rings. The third-order valence-electron chi connectivity index (χ3n) is 3.71. The summed E-state index contributed by atoms with van der Waals surface area (Å²) in [5.74, 6) is -0.111. The van der Waals surface area contributed by atoms with E-state index >= 15 is 0 Å². The number of anilines is 1. The van der Waals surface area contributed by atoms with Gasteiger partial charge in [0.1, 0.15) is 5.82 Å². The average Bonchev–Trinajstić information content (AvgIpc) is 2.81. The van der Waals surface area contributed by atoms with Crippen molar-refractivity contribution < 1.29 is 9.13 Å². The van der Waals surface area contributed by atoms with Crippen LogP contribution in [0.2, 0.25) is 0 Å². The molecule has 2 rings (SSSR count). The van der Waals surface area contributed by atoms with E-state index in [0.29, 0.717) is 19.2 Å². The van der Waals surface area contributed by atoms with E-state index in [0.717, 1.165) is 37.2 Å². The predicted octanol–water partition coefficient (Wildman–Crippen LogP) is 2.55. The largest absolute Gasteiger partial charge is 0.383 e. The number of para-hydroxylation sites is 1. The molecule has 0 aromatic heterocycles. The van der Waals surface area contributed by atoms with Crippen LogP contribution in [-0.4, -0.2) is 32.8 Å². The smallest absolute Gasteiger partial charge is 0.146 e. The van der Waals surface area contributed by atoms with Crippen LogP contribution < -0.4 is 10.2 Å². The highest BCUT2D eigenvalue weighted by atomic mass is 19.1. The fourth-order valence-corrected chi connectivity index (χ4v) is 2.69. The Kier molecular flexibility index (Phi) is 5.16. The third kappa shape index (κ3) is 3.45. The maximum atomic E-state index is 14.2. The Labute approximate surface area is 114 Å². The minimum absolute atomic E-state index is 0.111. The number of nitrogens with one attached hydrogen (secondary N) is 1. The third-order valence-corrected chi connectivity index (χ3v) is 3.71. The van der Waals surface area contributed by atoms with Crippen molar-refractivity contribution in [3.63, 3.8) is 0 Å². The van der Waals surface area contributed by atoms with Crippen molar-refractivity contribution in [2.45, 2.75) is 32.4 Å². The predicted molar refractivity (Wildman–Crippen MR) is 76.0 cm³/mol. The van der Waals surface area contributed by atoms with Gasteiger partial charge >= 0.3 is 0 Å². The van der Waals surface area contributed by atoms with Crippen LogP contribution in [-0.2, 0) is 11.3 Å². The zero-order valence-electron chi connectivity index (χ0n) is 11.8. The van der Waals surface area contributed by atoms with Crippen molar-refractivity contribution in [2.75, 3.05) is 31.7 Å². The molecule has 0 radical (unpaired) electrons. The number of rotatable bonds is 6. The van der Waals surface area contributed by atoms with Gasteiger partial charge in [0.05, 0.1) is 12.3 Å². The standard InChI is InChI=1S/C15H23FN2O/c1-12-5-4-9-18(12)15-13(6-3-7-14(15)16)11-17-8-10-19-2/h3,6-7,12,17H,4-5,8-11H2,1-2H3. The van der Waals surface area contributed by atoms with Gasteiger partial charge in [0.15, 0.2) is 0 Å². The van der Waals surface area contributed by atoms with Crippen molar-refractivity contribution in [3.05, 3.63) is 29.6 Å². The van der Waals surface area contributed by atoms with E-state index in [1.807, 2.05) is 6.07 Å². The zero-order chi connectivity index (χ0) is 13.7. The molecule has 106 valence electrons. The van der Waals surface area contributed by atoms with E-state index in [2.05, 4.69) is 17.1 Å². The Morgan fingerprint density at radius 1 is 1.47 bits per heavy atom. The van der Waals surface area contributed by atoms with Crippen LogP contribution in [0.4, 0.5) is 10.1 Å². The number of nitrogens with zero attached hydrogens (tertiary/aromatic N) is 1. The molecule has 3 nitrogen and oxygen atoms in total. The van der Waals surface area contributed by atoms with Gasteiger partial charge in [-0.15, -0.1) is 0 Å². The maximum absolute atomic E-state index is 14.2. The first-order valence-electron chi connectivity index (χ1n) is 6.97. The normalized spacial score (nSPS) is 19.1. The molecular formula is C15H23FN2O. The molecule has 4 heteroatoms. The second-order valence-corrected chi connectivity index (χ2v) is 5.10. The summed E-state index contributed by atoms with van der Waals surface area (Å²) in [6, 6.07) is 5.77. The van der Waals surface area contributed by atoms with Crippen LogP contribution in [0, 0.1) is 5.82 Å². The summed E-state index contributed by atoms with van der Waals surface area (Å²) >= 11 is 0. The maximum Gasteiger partial charge on any atom is 0.146 e. The minimum Gasteiger partial charge on any atom is -0.383 e. The zero-order valence-corrected chi connectivity index (χ0v) is 11.8. The molecular weight excluding hydrogens is 243 g/mol. The van der Waals surface area contributed by atoms with Gasteiger partial charge < -0.3 is 15.0 Å². The summed E-state index contributed by atoms with van der Waals surface area (Å²) in [6.45, 7) is 5.25. The van der Waals surface area contributed by atoms with E-state index in [-0.39, 0.29) is 5.82 Å². The lowest BCUT2D eigenvalue weighted by molar-refractivity contribution is 0.199. The van der Waals surface area contributed by atoms with Crippen molar-refractivity contribution in [1.82, 2.24) is 5.32 Å². The second-order valence-electron chi connectivity index (χ2n) is 5.10. The number of methoxy groups -OCH3 is 1. The summed E-state index contributed by atoms with van der Waals surface area (Å²) in [7, 11) is 1.68. The number of benzene rings is 1. The van der Waals surface area contributed by atoms with E-state index in [9.17, 15) is 4.39 Å². The minimum atomic E-state index is -0.111. The quantitative estimate of drug-likeness (QED) is 0.801. The summed E-state index contributed by atoms with van der Waals surface area (Å²) in [5, 5.41) is 3.29.